The van der Waals surface area contributed by atoms with Gasteiger partial charge in [0, 0.05) is 28.9 Å². The summed E-state index contributed by atoms with van der Waals surface area (Å²) >= 11 is 3.49. The molecule has 116 valence electrons. The molecule has 0 N–H and O–H groups in total. The number of aryl methyl sites for hydroxylation is 1. The Kier molecular flexibility index (Phi) is 4.79. The SMILES string of the molecule is COCc1cc(/C=C/c2nccc(C)n2)nc2cc(Br)ccc12. The number of pyridine rings is 1. The van der Waals surface area contributed by atoms with Crippen LogP contribution in [0.25, 0.3) is 23.1 Å². The van der Waals surface area contributed by atoms with Crippen molar-refractivity contribution in [2.24, 2.45) is 0 Å². The fourth-order valence-electron chi connectivity index (χ4n) is 2.37. The van der Waals surface area contributed by atoms with Gasteiger partial charge in [0.25, 0.3) is 0 Å². The van der Waals surface area contributed by atoms with Gasteiger partial charge in [-0.15, -0.1) is 0 Å². The van der Waals surface area contributed by atoms with E-state index in [-0.39, 0.29) is 0 Å². The summed E-state index contributed by atoms with van der Waals surface area (Å²) in [6.45, 7) is 2.49. The molecule has 0 aliphatic heterocycles. The van der Waals surface area contributed by atoms with Crippen LogP contribution < -0.4 is 0 Å². The van der Waals surface area contributed by atoms with Gasteiger partial charge in [0.15, 0.2) is 5.82 Å². The molecule has 2 heterocycles. The van der Waals surface area contributed by atoms with Crippen molar-refractivity contribution in [3.05, 3.63) is 63.8 Å². The van der Waals surface area contributed by atoms with Crippen LogP contribution in [0.1, 0.15) is 22.8 Å². The third-order valence-electron chi connectivity index (χ3n) is 3.39. The highest BCUT2D eigenvalue weighted by Gasteiger charge is 2.05. The van der Waals surface area contributed by atoms with Crippen LogP contribution in [-0.4, -0.2) is 22.1 Å². The molecule has 3 aromatic rings. The number of ether oxygens (including phenoxy) is 1. The van der Waals surface area contributed by atoms with Crippen LogP contribution in [0.15, 0.2) is 41.0 Å². The number of benzene rings is 1. The van der Waals surface area contributed by atoms with Gasteiger partial charge >= 0.3 is 0 Å². The molecule has 2 aromatic heterocycles. The summed E-state index contributed by atoms with van der Waals surface area (Å²) in [5, 5.41) is 1.10. The number of halogens is 1. The Morgan fingerprint density at radius 2 is 2.00 bits per heavy atom. The molecule has 3 rings (SSSR count). The van der Waals surface area contributed by atoms with Crippen molar-refractivity contribution >= 4 is 39.0 Å². The lowest BCUT2D eigenvalue weighted by molar-refractivity contribution is 0.186. The predicted molar refractivity (Wildman–Crippen MR) is 95.9 cm³/mol. The first-order valence-electron chi connectivity index (χ1n) is 7.21. The molecule has 4 nitrogen and oxygen atoms in total. The summed E-state index contributed by atoms with van der Waals surface area (Å²) in [5.74, 6) is 0.675. The first-order chi connectivity index (χ1) is 11.2. The van der Waals surface area contributed by atoms with Crippen LogP contribution in [0.2, 0.25) is 0 Å². The average molecular weight is 370 g/mol. The largest absolute Gasteiger partial charge is 0.380 e. The van der Waals surface area contributed by atoms with Crippen molar-refractivity contribution in [3.8, 4) is 0 Å². The highest BCUT2D eigenvalue weighted by molar-refractivity contribution is 9.10. The van der Waals surface area contributed by atoms with E-state index >= 15 is 0 Å². The first-order valence-corrected chi connectivity index (χ1v) is 8.01. The van der Waals surface area contributed by atoms with Gasteiger partial charge in [0.05, 0.1) is 17.8 Å². The maximum atomic E-state index is 5.31. The number of aromatic nitrogens is 3. The predicted octanol–water partition coefficient (Wildman–Crippen LogP) is 4.41. The second-order valence-electron chi connectivity index (χ2n) is 5.19. The van der Waals surface area contributed by atoms with Crippen LogP contribution in [0.3, 0.4) is 0 Å². The van der Waals surface area contributed by atoms with Gasteiger partial charge in [0.2, 0.25) is 0 Å². The molecule has 0 unspecified atom stereocenters. The van der Waals surface area contributed by atoms with Crippen molar-refractivity contribution in [3.63, 3.8) is 0 Å². The maximum absolute atomic E-state index is 5.31. The number of nitrogens with zero attached hydrogens (tertiary/aromatic N) is 3. The summed E-state index contributed by atoms with van der Waals surface area (Å²) in [7, 11) is 1.70. The van der Waals surface area contributed by atoms with Crippen LogP contribution in [0.5, 0.6) is 0 Å². The molecule has 0 spiro atoms. The van der Waals surface area contributed by atoms with Gasteiger partial charge in [-0.2, -0.15) is 0 Å². The van der Waals surface area contributed by atoms with Crippen molar-refractivity contribution in [2.45, 2.75) is 13.5 Å². The summed E-state index contributed by atoms with van der Waals surface area (Å²) in [6.07, 6.45) is 5.55. The highest BCUT2D eigenvalue weighted by Crippen LogP contribution is 2.23. The zero-order chi connectivity index (χ0) is 16.2. The van der Waals surface area contributed by atoms with Gasteiger partial charge in [-0.05, 0) is 48.9 Å². The number of hydrogen-bond donors (Lipinski definition) is 0. The Hall–Kier alpha value is -2.11. The standard InChI is InChI=1S/C18H16BrN3O/c1-12-7-8-20-18(21-12)6-4-15-9-13(11-23-2)16-5-3-14(19)10-17(16)22-15/h3-10H,11H2,1-2H3/b6-4+. The fraction of sp³-hybridized carbons (Fsp3) is 0.167. The topological polar surface area (TPSA) is 47.9 Å². The monoisotopic (exact) mass is 369 g/mol. The highest BCUT2D eigenvalue weighted by atomic mass is 79.9. The van der Waals surface area contributed by atoms with Crippen LogP contribution in [0.4, 0.5) is 0 Å². The summed E-state index contributed by atoms with van der Waals surface area (Å²) < 4.78 is 6.32. The molecule has 0 aliphatic carbocycles. The van der Waals surface area contributed by atoms with E-state index in [2.05, 4.69) is 36.9 Å². The number of hydrogen-bond acceptors (Lipinski definition) is 4. The minimum Gasteiger partial charge on any atom is -0.380 e. The van der Waals surface area contributed by atoms with Gasteiger partial charge in [-0.25, -0.2) is 15.0 Å². The molecule has 0 atom stereocenters. The van der Waals surface area contributed by atoms with E-state index in [0.717, 1.165) is 32.3 Å². The summed E-state index contributed by atoms with van der Waals surface area (Å²) in [6, 6.07) is 9.98. The lowest BCUT2D eigenvalue weighted by Gasteiger charge is -2.07. The molecular weight excluding hydrogens is 354 g/mol. The lowest BCUT2D eigenvalue weighted by Crippen LogP contribution is -1.94. The smallest absolute Gasteiger partial charge is 0.152 e. The molecule has 0 saturated carbocycles. The molecule has 23 heavy (non-hydrogen) atoms. The van der Waals surface area contributed by atoms with Crippen molar-refractivity contribution in [1.29, 1.82) is 0 Å². The first kappa shape index (κ1) is 15.8. The normalized spacial score (nSPS) is 11.4. The van der Waals surface area contributed by atoms with Crippen LogP contribution in [0, 0.1) is 6.92 Å². The quantitative estimate of drug-likeness (QED) is 0.683. The number of methoxy groups -OCH3 is 1. The van der Waals surface area contributed by atoms with Crippen molar-refractivity contribution in [2.75, 3.05) is 7.11 Å². The zero-order valence-electron chi connectivity index (χ0n) is 13.0. The van der Waals surface area contributed by atoms with E-state index in [1.54, 1.807) is 13.3 Å². The Morgan fingerprint density at radius 3 is 2.78 bits per heavy atom. The summed E-state index contributed by atoms with van der Waals surface area (Å²) in [4.78, 5) is 13.3. The van der Waals surface area contributed by atoms with E-state index < -0.39 is 0 Å². The Labute approximate surface area is 143 Å². The van der Waals surface area contributed by atoms with Gasteiger partial charge in [-0.1, -0.05) is 22.0 Å². The van der Waals surface area contributed by atoms with Crippen molar-refractivity contribution in [1.82, 2.24) is 15.0 Å². The van der Waals surface area contributed by atoms with E-state index in [1.807, 2.05) is 43.3 Å². The van der Waals surface area contributed by atoms with Gasteiger partial charge in [0.1, 0.15) is 0 Å². The second-order valence-corrected chi connectivity index (χ2v) is 6.11. The van der Waals surface area contributed by atoms with E-state index in [1.165, 1.54) is 0 Å². The molecule has 0 amide bonds. The minimum absolute atomic E-state index is 0.544. The Bertz CT molecular complexity index is 877. The minimum atomic E-state index is 0.544. The van der Waals surface area contributed by atoms with Crippen molar-refractivity contribution < 1.29 is 4.74 Å². The van der Waals surface area contributed by atoms with E-state index in [9.17, 15) is 0 Å². The fourth-order valence-corrected chi connectivity index (χ4v) is 2.71. The average Bonchev–Trinajstić information content (AvgIpc) is 2.53. The Morgan fingerprint density at radius 1 is 1.13 bits per heavy atom. The molecule has 0 radical (unpaired) electrons. The lowest BCUT2D eigenvalue weighted by atomic mass is 10.1. The van der Waals surface area contributed by atoms with Crippen LogP contribution >= 0.6 is 15.9 Å². The second kappa shape index (κ2) is 6.98. The Balaban J connectivity index is 2.03. The van der Waals surface area contributed by atoms with Gasteiger partial charge < -0.3 is 4.74 Å². The van der Waals surface area contributed by atoms with E-state index in [0.29, 0.717) is 12.4 Å². The maximum Gasteiger partial charge on any atom is 0.152 e. The molecule has 0 saturated heterocycles. The third kappa shape index (κ3) is 3.81. The van der Waals surface area contributed by atoms with Crippen LogP contribution in [-0.2, 0) is 11.3 Å². The van der Waals surface area contributed by atoms with E-state index in [4.69, 9.17) is 4.74 Å². The third-order valence-corrected chi connectivity index (χ3v) is 3.89. The molecule has 0 fully saturated rings. The molecular formula is C18H16BrN3O. The summed E-state index contributed by atoms with van der Waals surface area (Å²) in [5.41, 5.74) is 3.83. The van der Waals surface area contributed by atoms with Gasteiger partial charge in [-0.3, -0.25) is 0 Å². The zero-order valence-corrected chi connectivity index (χ0v) is 14.5. The molecule has 5 heteroatoms. The number of fused-ring (bicyclic) bond motifs is 1. The number of rotatable bonds is 4. The molecule has 0 aliphatic rings. The molecule has 0 bridgehead atoms. The molecule has 1 aromatic carbocycles.